The average Bonchev–Trinajstić information content (AvgIpc) is 0. The molecule has 0 fully saturated rings. The van der Waals surface area contributed by atoms with Gasteiger partial charge in [0.05, 0.1) is 0 Å². The Kier molecular flexibility index (Phi) is 92800. The fraction of sp³-hybridized carbons (Fsp3) is 0. The van der Waals surface area contributed by atoms with E-state index in [4.69, 9.17) is 0 Å². The molecule has 0 aromatic rings. The van der Waals surface area contributed by atoms with E-state index in [-0.39, 0.29) is 74.2 Å². The Hall–Kier alpha value is 0.841. The summed E-state index contributed by atoms with van der Waals surface area (Å²) in [5, 5.41) is 0. The Morgan fingerprint density at radius 1 is 0.333 bits per heavy atom. The van der Waals surface area contributed by atoms with Crippen molar-refractivity contribution in [1.82, 2.24) is 0 Å². The van der Waals surface area contributed by atoms with Gasteiger partial charge in [0.2, 0.25) is 0 Å². The second-order valence-corrected chi connectivity index (χ2v) is 0. The van der Waals surface area contributed by atoms with Crippen LogP contribution in [0.3, 0.4) is 0 Å². The van der Waals surface area contributed by atoms with E-state index in [0.717, 1.165) is 0 Å². The van der Waals surface area contributed by atoms with Crippen LogP contribution in [0.2, 0.25) is 0 Å². The Bertz CT molecular complexity index is 8.88. The number of rotatable bonds is 0. The Balaban J connectivity index is 0. The molecular weight excluding hydrogens is 279 g/mol. The van der Waals surface area contributed by atoms with Crippen molar-refractivity contribution in [3.05, 3.63) is 0 Å². The van der Waals surface area contributed by atoms with Gasteiger partial charge in [-0.3, -0.25) is 0 Å². The van der Waals surface area contributed by atoms with Crippen LogP contribution < -0.4 is 32.9 Å². The molecule has 0 aromatic carbocycles. The number of hydrogen-bond donors (Lipinski definition) is 0. The zero-order chi connectivity index (χ0) is 0. The van der Waals surface area contributed by atoms with E-state index in [9.17, 15) is 0 Å². The van der Waals surface area contributed by atoms with Crippen LogP contribution in [0.4, 0.5) is 0 Å². The van der Waals surface area contributed by atoms with Crippen molar-refractivity contribution in [2.75, 3.05) is 0 Å². The summed E-state index contributed by atoms with van der Waals surface area (Å²) in [6.45, 7) is 0. The molecule has 9 heteroatoms. The van der Waals surface area contributed by atoms with Crippen molar-refractivity contribution in [2.45, 2.75) is 0 Å². The summed E-state index contributed by atoms with van der Waals surface area (Å²) in [5.74, 6) is 0. The maximum atomic E-state index is 0. The Morgan fingerprint density at radius 3 is 0.333 bits per heavy atom. The first-order chi connectivity index (χ1) is 0. The fourth-order valence-electron chi connectivity index (χ4n) is 0. The van der Waals surface area contributed by atoms with E-state index in [1.165, 1.54) is 0 Å². The van der Waals surface area contributed by atoms with Gasteiger partial charge in [0.1, 0.15) is 0 Å². The van der Waals surface area contributed by atoms with Crippen LogP contribution in [0.1, 0.15) is 0 Å². The second-order valence-electron chi connectivity index (χ2n) is 0. The maximum absolute atomic E-state index is 0. The molecule has 0 saturated heterocycles. The molecule has 9 heavy (non-hydrogen) atoms. The minimum atomic E-state index is 0. The normalized spacial score (nSPS) is 0. The van der Waals surface area contributed by atoms with Gasteiger partial charge in [-0.15, -0.1) is 0 Å². The molecule has 0 spiro atoms. The first-order valence-corrected chi connectivity index (χ1v) is 0. The van der Waals surface area contributed by atoms with E-state index >= 15 is 0 Å². The van der Waals surface area contributed by atoms with Crippen LogP contribution >= 0.6 is 0 Å². The van der Waals surface area contributed by atoms with Gasteiger partial charge >= 0.3 is 41.3 Å². The minimum Gasteiger partial charge on any atom is -1.00 e. The van der Waals surface area contributed by atoms with Gasteiger partial charge in [0.15, 0.2) is 0 Å². The van der Waals surface area contributed by atoms with Crippen molar-refractivity contribution in [1.29, 1.82) is 0 Å². The van der Waals surface area contributed by atoms with Gasteiger partial charge in [-0.2, -0.15) is 0 Å². The van der Waals surface area contributed by atoms with E-state index in [0.29, 0.717) is 0 Å². The molecule has 0 heterocycles. The molecule has 0 aliphatic heterocycles. The molecule has 0 radical (unpaired) electrons. The predicted octanol–water partition coefficient (Wildman–Crippen LogP) is -21.7. The topological polar surface area (TPSA) is 0 Å². The van der Waals surface area contributed by atoms with Gasteiger partial charge in [0.25, 0.3) is 0 Å². The SMILES string of the molecule is [Al+3].[F-].[F-].[F-].[F-].[F-].[F-].[F-].[Sn+4]. The van der Waals surface area contributed by atoms with Gasteiger partial charge in [0, 0.05) is 0 Å². The van der Waals surface area contributed by atoms with E-state index in [2.05, 4.69) is 0 Å². The molecule has 0 amide bonds. The molecule has 0 aliphatic rings. The third kappa shape index (κ3) is 585. The van der Waals surface area contributed by atoms with Gasteiger partial charge in [-0.25, -0.2) is 0 Å². The van der Waals surface area contributed by atoms with Gasteiger partial charge < -0.3 is 32.9 Å². The largest absolute Gasteiger partial charge is 4.00 e. The first kappa shape index (κ1) is 1090. The summed E-state index contributed by atoms with van der Waals surface area (Å²) in [4.78, 5) is 0. The molecule has 0 N–H and O–H groups in total. The molecule has 0 aromatic heterocycles. The third-order valence-corrected chi connectivity index (χ3v) is 0. The van der Waals surface area contributed by atoms with Crippen LogP contribution in [0, 0.1) is 0 Å². The molecule has 56 valence electrons. The zero-order valence-electron chi connectivity index (χ0n) is 3.72. The molecular formula is AlF7Sn. The Labute approximate surface area is 74.4 Å². The van der Waals surface area contributed by atoms with Gasteiger partial charge in [-0.1, -0.05) is 0 Å². The standard InChI is InChI=1S/Al.7FH.Sn/h;7*1H;/q+3;;;;;;;;+4/p-7. The average molecular weight is 279 g/mol. The summed E-state index contributed by atoms with van der Waals surface area (Å²) >= 11 is 0. The van der Waals surface area contributed by atoms with Crippen molar-refractivity contribution in [3.8, 4) is 0 Å². The molecule has 0 bridgehead atoms. The van der Waals surface area contributed by atoms with E-state index in [1.54, 1.807) is 0 Å². The molecule has 0 unspecified atom stereocenters. The molecule has 0 aliphatic carbocycles. The van der Waals surface area contributed by atoms with E-state index < -0.39 is 0 Å². The fourth-order valence-corrected chi connectivity index (χ4v) is 0. The minimum absolute atomic E-state index is 0. The monoisotopic (exact) mass is 280 g/mol. The van der Waals surface area contributed by atoms with Gasteiger partial charge in [-0.05, 0) is 0 Å². The van der Waals surface area contributed by atoms with Crippen LogP contribution in [-0.4, -0.2) is 41.3 Å². The summed E-state index contributed by atoms with van der Waals surface area (Å²) in [5.41, 5.74) is 0. The van der Waals surface area contributed by atoms with Crippen molar-refractivity contribution < 1.29 is 32.9 Å². The predicted molar refractivity (Wildman–Crippen MR) is 11.5 cm³/mol. The smallest absolute Gasteiger partial charge is 1.00 e. The van der Waals surface area contributed by atoms with Crippen molar-refractivity contribution >= 4 is 41.3 Å². The molecule has 0 saturated carbocycles. The first-order valence-electron chi connectivity index (χ1n) is 0. The molecule has 0 rings (SSSR count). The second kappa shape index (κ2) is 768. The number of hydrogen-bond acceptors (Lipinski definition) is 0. The maximum Gasteiger partial charge on any atom is 4.00 e. The quantitative estimate of drug-likeness (QED) is 0.305. The van der Waals surface area contributed by atoms with Crippen LogP contribution in [0.15, 0.2) is 0 Å². The van der Waals surface area contributed by atoms with Crippen LogP contribution in [-0.2, 0) is 0 Å². The van der Waals surface area contributed by atoms with Crippen molar-refractivity contribution in [3.63, 3.8) is 0 Å². The molecule has 0 atom stereocenters. The van der Waals surface area contributed by atoms with Crippen LogP contribution in [0.5, 0.6) is 0 Å². The van der Waals surface area contributed by atoms with E-state index in [1.807, 2.05) is 0 Å². The van der Waals surface area contributed by atoms with Crippen molar-refractivity contribution in [2.24, 2.45) is 0 Å². The van der Waals surface area contributed by atoms with Crippen LogP contribution in [0.25, 0.3) is 0 Å². The summed E-state index contributed by atoms with van der Waals surface area (Å²) in [6.07, 6.45) is 0. The summed E-state index contributed by atoms with van der Waals surface area (Å²) in [7, 11) is 0. The third-order valence-electron chi connectivity index (χ3n) is 0. The summed E-state index contributed by atoms with van der Waals surface area (Å²) in [6, 6.07) is 0. The zero-order valence-corrected chi connectivity index (χ0v) is 7.73. The Morgan fingerprint density at radius 2 is 0.333 bits per heavy atom. The summed E-state index contributed by atoms with van der Waals surface area (Å²) < 4.78 is 0. The molecule has 0 nitrogen and oxygen atoms in total. The number of halogens is 7.